The zero-order valence-corrected chi connectivity index (χ0v) is 7.99. The van der Waals surface area contributed by atoms with Crippen LogP contribution in [0, 0.1) is 0 Å². The Hall–Kier alpha value is -1.79. The molecule has 16 heavy (non-hydrogen) atoms. The number of carbonyl (C=O) groups is 1. The summed E-state index contributed by atoms with van der Waals surface area (Å²) in [7, 11) is 0. The summed E-state index contributed by atoms with van der Waals surface area (Å²) in [5, 5.41) is 8.59. The number of rotatable bonds is 4. The van der Waals surface area contributed by atoms with Gasteiger partial charge in [-0.05, 0) is 6.07 Å². The first-order valence-corrected chi connectivity index (χ1v) is 4.26. The predicted molar refractivity (Wildman–Crippen MR) is 47.4 cm³/mol. The Bertz CT molecular complexity index is 379. The SMILES string of the molecule is O=C(O)c1cncc(OCCC(F)(F)F)c1. The molecule has 0 unspecified atom stereocenters. The number of pyridine rings is 1. The molecule has 1 aromatic heterocycles. The molecule has 0 atom stereocenters. The first-order valence-electron chi connectivity index (χ1n) is 4.26. The van der Waals surface area contributed by atoms with Crippen LogP contribution in [0.5, 0.6) is 5.75 Å². The van der Waals surface area contributed by atoms with E-state index >= 15 is 0 Å². The van der Waals surface area contributed by atoms with Gasteiger partial charge in [0.25, 0.3) is 0 Å². The molecule has 0 saturated carbocycles. The van der Waals surface area contributed by atoms with Gasteiger partial charge in [-0.3, -0.25) is 4.98 Å². The molecule has 0 aliphatic rings. The van der Waals surface area contributed by atoms with Crippen LogP contribution >= 0.6 is 0 Å². The molecule has 0 fully saturated rings. The minimum Gasteiger partial charge on any atom is -0.492 e. The summed E-state index contributed by atoms with van der Waals surface area (Å²) in [6, 6.07) is 1.12. The van der Waals surface area contributed by atoms with Crippen molar-refractivity contribution in [2.45, 2.75) is 12.6 Å². The summed E-state index contributed by atoms with van der Waals surface area (Å²) in [6.07, 6.45) is -3.15. The van der Waals surface area contributed by atoms with Crippen LogP contribution < -0.4 is 4.74 Å². The number of carboxylic acids is 1. The smallest absolute Gasteiger partial charge is 0.392 e. The van der Waals surface area contributed by atoms with Crippen molar-refractivity contribution in [1.82, 2.24) is 4.98 Å². The van der Waals surface area contributed by atoms with E-state index in [1.807, 2.05) is 0 Å². The van der Waals surface area contributed by atoms with E-state index in [-0.39, 0.29) is 11.3 Å². The van der Waals surface area contributed by atoms with E-state index in [0.29, 0.717) is 0 Å². The highest BCUT2D eigenvalue weighted by molar-refractivity contribution is 5.87. The van der Waals surface area contributed by atoms with E-state index in [0.717, 1.165) is 18.5 Å². The number of aromatic nitrogens is 1. The van der Waals surface area contributed by atoms with E-state index in [1.165, 1.54) is 0 Å². The zero-order chi connectivity index (χ0) is 12.2. The molecule has 0 amide bonds. The van der Waals surface area contributed by atoms with Gasteiger partial charge < -0.3 is 9.84 Å². The lowest BCUT2D eigenvalue weighted by molar-refractivity contribution is -0.139. The van der Waals surface area contributed by atoms with Gasteiger partial charge in [-0.2, -0.15) is 13.2 Å². The molecule has 0 bridgehead atoms. The molecule has 88 valence electrons. The summed E-state index contributed by atoms with van der Waals surface area (Å²) in [5.74, 6) is -1.21. The van der Waals surface area contributed by atoms with Crippen LogP contribution in [0.3, 0.4) is 0 Å². The van der Waals surface area contributed by atoms with Crippen LogP contribution in [-0.4, -0.2) is 28.8 Å². The Balaban J connectivity index is 2.55. The zero-order valence-electron chi connectivity index (χ0n) is 7.99. The molecule has 0 spiro atoms. The number of hydrogen-bond acceptors (Lipinski definition) is 3. The Morgan fingerprint density at radius 1 is 1.44 bits per heavy atom. The number of halogens is 3. The van der Waals surface area contributed by atoms with Gasteiger partial charge in [-0.1, -0.05) is 0 Å². The minimum absolute atomic E-state index is 0.00384. The number of hydrogen-bond donors (Lipinski definition) is 1. The molecule has 0 radical (unpaired) electrons. The highest BCUT2D eigenvalue weighted by atomic mass is 19.4. The van der Waals surface area contributed by atoms with Gasteiger partial charge in [0.05, 0.1) is 24.8 Å². The molecule has 0 aliphatic carbocycles. The molecular weight excluding hydrogens is 227 g/mol. The fourth-order valence-electron chi connectivity index (χ4n) is 0.899. The minimum atomic E-state index is -4.29. The van der Waals surface area contributed by atoms with E-state index in [1.54, 1.807) is 0 Å². The van der Waals surface area contributed by atoms with Crippen LogP contribution in [0.2, 0.25) is 0 Å². The second-order valence-corrected chi connectivity index (χ2v) is 2.93. The van der Waals surface area contributed by atoms with Gasteiger partial charge >= 0.3 is 12.1 Å². The van der Waals surface area contributed by atoms with Crippen LogP contribution in [0.1, 0.15) is 16.8 Å². The second-order valence-electron chi connectivity index (χ2n) is 2.93. The molecule has 1 heterocycles. The van der Waals surface area contributed by atoms with Crippen molar-refractivity contribution in [3.8, 4) is 5.75 Å². The van der Waals surface area contributed by atoms with Crippen LogP contribution in [0.25, 0.3) is 0 Å². The monoisotopic (exact) mass is 235 g/mol. The van der Waals surface area contributed by atoms with Gasteiger partial charge in [0.1, 0.15) is 5.75 Å². The maximum Gasteiger partial charge on any atom is 0.392 e. The molecule has 0 aliphatic heterocycles. The fourth-order valence-corrected chi connectivity index (χ4v) is 0.899. The first kappa shape index (κ1) is 12.3. The number of alkyl halides is 3. The number of carboxylic acid groups (broad SMARTS) is 1. The summed E-state index contributed by atoms with van der Waals surface area (Å²) >= 11 is 0. The number of nitrogens with zero attached hydrogens (tertiary/aromatic N) is 1. The van der Waals surface area contributed by atoms with Gasteiger partial charge in [0.2, 0.25) is 0 Å². The van der Waals surface area contributed by atoms with Gasteiger partial charge in [-0.25, -0.2) is 4.79 Å². The van der Waals surface area contributed by atoms with Crippen molar-refractivity contribution in [3.05, 3.63) is 24.0 Å². The van der Waals surface area contributed by atoms with Crippen molar-refractivity contribution in [3.63, 3.8) is 0 Å². The topological polar surface area (TPSA) is 59.4 Å². The Kier molecular flexibility index (Phi) is 3.70. The Labute approximate surface area is 88.7 Å². The molecule has 0 saturated heterocycles. The molecule has 4 nitrogen and oxygen atoms in total. The lowest BCUT2D eigenvalue weighted by Gasteiger charge is -2.08. The summed E-state index contributed by atoms with van der Waals surface area (Å²) in [5.41, 5.74) is -0.135. The first-order chi connectivity index (χ1) is 7.38. The number of ether oxygens (including phenoxy) is 1. The van der Waals surface area contributed by atoms with E-state index in [2.05, 4.69) is 4.98 Å². The average Bonchev–Trinajstić information content (AvgIpc) is 2.16. The third-order valence-electron chi connectivity index (χ3n) is 1.61. The van der Waals surface area contributed by atoms with Crippen LogP contribution in [0.4, 0.5) is 13.2 Å². The quantitative estimate of drug-likeness (QED) is 0.868. The summed E-state index contributed by atoms with van der Waals surface area (Å²) in [6.45, 7) is -0.561. The standard InChI is InChI=1S/C9H8F3NO3/c10-9(11,12)1-2-16-7-3-6(8(14)15)4-13-5-7/h3-5H,1-2H2,(H,14,15). The Morgan fingerprint density at radius 3 is 2.69 bits per heavy atom. The van der Waals surface area contributed by atoms with E-state index in [9.17, 15) is 18.0 Å². The fraction of sp³-hybridized carbons (Fsp3) is 0.333. The molecule has 7 heteroatoms. The lowest BCUT2D eigenvalue weighted by Crippen LogP contribution is -2.13. The van der Waals surface area contributed by atoms with Crippen LogP contribution in [0.15, 0.2) is 18.5 Å². The third kappa shape index (κ3) is 4.16. The maximum absolute atomic E-state index is 11.8. The highest BCUT2D eigenvalue weighted by Crippen LogP contribution is 2.20. The molecule has 1 rings (SSSR count). The van der Waals surface area contributed by atoms with Crippen molar-refractivity contribution >= 4 is 5.97 Å². The number of aromatic carboxylic acids is 1. The molecule has 1 N–H and O–H groups in total. The van der Waals surface area contributed by atoms with E-state index in [4.69, 9.17) is 9.84 Å². The van der Waals surface area contributed by atoms with Crippen molar-refractivity contribution in [2.24, 2.45) is 0 Å². The van der Waals surface area contributed by atoms with Crippen molar-refractivity contribution < 1.29 is 27.8 Å². The average molecular weight is 235 g/mol. The molecule has 0 aromatic carbocycles. The third-order valence-corrected chi connectivity index (χ3v) is 1.61. The highest BCUT2D eigenvalue weighted by Gasteiger charge is 2.26. The second kappa shape index (κ2) is 4.82. The summed E-state index contributed by atoms with van der Waals surface area (Å²) in [4.78, 5) is 14.0. The van der Waals surface area contributed by atoms with Crippen LogP contribution in [-0.2, 0) is 0 Å². The van der Waals surface area contributed by atoms with E-state index < -0.39 is 25.2 Å². The van der Waals surface area contributed by atoms with Gasteiger partial charge in [0, 0.05) is 6.20 Å². The Morgan fingerprint density at radius 2 is 2.12 bits per heavy atom. The summed E-state index contributed by atoms with van der Waals surface area (Å²) < 4.78 is 40.1. The predicted octanol–water partition coefficient (Wildman–Crippen LogP) is 2.11. The lowest BCUT2D eigenvalue weighted by atomic mass is 10.3. The molecular formula is C9H8F3NO3. The van der Waals surface area contributed by atoms with Gasteiger partial charge in [0.15, 0.2) is 0 Å². The van der Waals surface area contributed by atoms with Crippen molar-refractivity contribution in [1.29, 1.82) is 0 Å². The molecule has 1 aromatic rings. The van der Waals surface area contributed by atoms with Crippen molar-refractivity contribution in [2.75, 3.05) is 6.61 Å². The normalized spacial score (nSPS) is 11.2. The van der Waals surface area contributed by atoms with Gasteiger partial charge in [-0.15, -0.1) is 0 Å². The largest absolute Gasteiger partial charge is 0.492 e. The maximum atomic E-state index is 11.8.